The topological polar surface area (TPSA) is 34.1 Å². The Kier molecular flexibility index (Phi) is 7.61. The molecule has 2 nitrogen and oxygen atoms in total. The van der Waals surface area contributed by atoms with Crippen LogP contribution in [0.3, 0.4) is 0 Å². The van der Waals surface area contributed by atoms with Crippen molar-refractivity contribution in [3.63, 3.8) is 0 Å². The van der Waals surface area contributed by atoms with Gasteiger partial charge in [-0.1, -0.05) is 5.75 Å². The van der Waals surface area contributed by atoms with Crippen molar-refractivity contribution in [3.05, 3.63) is 6.92 Å². The average molecular weight is 193 g/mol. The fourth-order valence-electron chi connectivity index (χ4n) is 0. The van der Waals surface area contributed by atoms with Gasteiger partial charge in [0.2, 0.25) is 0 Å². The van der Waals surface area contributed by atoms with Crippen molar-refractivity contribution in [2.24, 2.45) is 0 Å². The van der Waals surface area contributed by atoms with Crippen LogP contribution in [-0.2, 0) is 9.84 Å². The molecule has 0 atom stereocenters. The number of rotatable bonds is 1. The standard InChI is InChI=1S/C3H7O2S.Rb/c1-3-6(2,4)5;/h1,3H2,2H3;/q-1;+1. The van der Waals surface area contributed by atoms with Crippen molar-refractivity contribution >= 4 is 9.84 Å². The molecule has 0 aliphatic heterocycles. The average Bonchev–Trinajstić information content (AvgIpc) is 1.35. The quantitative estimate of drug-likeness (QED) is 0.412. The molecule has 0 heterocycles. The Morgan fingerprint density at radius 2 is 1.71 bits per heavy atom. The maximum Gasteiger partial charge on any atom is 1.00 e. The van der Waals surface area contributed by atoms with Gasteiger partial charge in [0, 0.05) is 6.26 Å². The predicted octanol–water partition coefficient (Wildman–Crippen LogP) is -3.13. The molecule has 0 spiro atoms. The molecule has 0 saturated carbocycles. The maximum absolute atomic E-state index is 9.94. The maximum atomic E-state index is 9.94. The Balaban J connectivity index is 0. The summed E-state index contributed by atoms with van der Waals surface area (Å²) in [4.78, 5) is 0. The van der Waals surface area contributed by atoms with Crippen molar-refractivity contribution in [3.8, 4) is 0 Å². The zero-order chi connectivity index (χ0) is 5.21. The van der Waals surface area contributed by atoms with Crippen LogP contribution in [0.4, 0.5) is 0 Å². The van der Waals surface area contributed by atoms with Crippen LogP contribution < -0.4 is 58.2 Å². The Morgan fingerprint density at radius 3 is 1.71 bits per heavy atom. The van der Waals surface area contributed by atoms with E-state index >= 15 is 0 Å². The molecule has 0 rings (SSSR count). The first kappa shape index (κ1) is 11.5. The SMILES string of the molecule is [CH2-]CS(C)(=O)=O.[Rb+]. The summed E-state index contributed by atoms with van der Waals surface area (Å²) in [6.07, 6.45) is 1.15. The first-order valence-corrected chi connectivity index (χ1v) is 3.59. The van der Waals surface area contributed by atoms with Crippen LogP contribution in [0.15, 0.2) is 0 Å². The normalized spacial score (nSPS) is 10.0. The summed E-state index contributed by atoms with van der Waals surface area (Å²) in [7, 11) is -2.77. The summed E-state index contributed by atoms with van der Waals surface area (Å²) in [6.45, 7) is 3.17. The van der Waals surface area contributed by atoms with Crippen LogP contribution in [-0.4, -0.2) is 20.4 Å². The minimum Gasteiger partial charge on any atom is -0.329 e. The van der Waals surface area contributed by atoms with Crippen molar-refractivity contribution in [2.45, 2.75) is 0 Å². The minimum atomic E-state index is -2.77. The molecule has 0 saturated heterocycles. The van der Waals surface area contributed by atoms with Gasteiger partial charge in [-0.2, -0.15) is 0 Å². The fraction of sp³-hybridized carbons (Fsp3) is 0.667. The van der Waals surface area contributed by atoms with E-state index < -0.39 is 9.84 Å². The molecule has 0 amide bonds. The minimum absolute atomic E-state index is 0. The van der Waals surface area contributed by atoms with Crippen LogP contribution in [0.5, 0.6) is 0 Å². The Labute approximate surface area is 93.4 Å². The van der Waals surface area contributed by atoms with Gasteiger partial charge in [0.15, 0.2) is 0 Å². The molecule has 0 radical (unpaired) electrons. The number of hydrogen-bond donors (Lipinski definition) is 0. The molecule has 0 bridgehead atoms. The third-order valence-electron chi connectivity index (χ3n) is 0.371. The summed E-state index contributed by atoms with van der Waals surface area (Å²) in [5.41, 5.74) is 0. The van der Waals surface area contributed by atoms with Crippen molar-refractivity contribution in [1.82, 2.24) is 0 Å². The van der Waals surface area contributed by atoms with E-state index in [1.165, 1.54) is 0 Å². The van der Waals surface area contributed by atoms with Crippen molar-refractivity contribution in [1.29, 1.82) is 0 Å². The Bertz CT molecular complexity index is 115. The Morgan fingerprint density at radius 1 is 1.57 bits per heavy atom. The fourth-order valence-corrected chi connectivity index (χ4v) is 0. The van der Waals surface area contributed by atoms with Gasteiger partial charge in [0.25, 0.3) is 0 Å². The largest absolute Gasteiger partial charge is 1.00 e. The van der Waals surface area contributed by atoms with Gasteiger partial charge in [-0.3, -0.25) is 0 Å². The van der Waals surface area contributed by atoms with E-state index in [1.54, 1.807) is 0 Å². The molecular formula is C3H7O2RbS. The van der Waals surface area contributed by atoms with Crippen molar-refractivity contribution in [2.75, 3.05) is 12.0 Å². The van der Waals surface area contributed by atoms with E-state index in [1.807, 2.05) is 0 Å². The van der Waals surface area contributed by atoms with Gasteiger partial charge in [-0.25, -0.2) is 8.42 Å². The van der Waals surface area contributed by atoms with Crippen LogP contribution >= 0.6 is 0 Å². The summed E-state index contributed by atoms with van der Waals surface area (Å²) >= 11 is 0. The predicted molar refractivity (Wildman–Crippen MR) is 25.1 cm³/mol. The molecule has 0 N–H and O–H groups in total. The van der Waals surface area contributed by atoms with E-state index in [2.05, 4.69) is 6.92 Å². The first-order valence-electron chi connectivity index (χ1n) is 1.53. The molecule has 7 heavy (non-hydrogen) atoms. The van der Waals surface area contributed by atoms with E-state index in [0.717, 1.165) is 6.26 Å². The smallest absolute Gasteiger partial charge is 0.329 e. The molecule has 0 aromatic rings. The van der Waals surface area contributed by atoms with Crippen LogP contribution in [0.2, 0.25) is 0 Å². The van der Waals surface area contributed by atoms with Crippen molar-refractivity contribution < 1.29 is 66.6 Å². The molecule has 0 unspecified atom stereocenters. The van der Waals surface area contributed by atoms with Gasteiger partial charge in [-0.05, 0) is 0 Å². The third kappa shape index (κ3) is 11.4. The molecule has 38 valence electrons. The van der Waals surface area contributed by atoms with E-state index in [0.29, 0.717) is 0 Å². The van der Waals surface area contributed by atoms with E-state index in [-0.39, 0.29) is 63.9 Å². The summed E-state index contributed by atoms with van der Waals surface area (Å²) in [5.74, 6) is -0.00694. The summed E-state index contributed by atoms with van der Waals surface area (Å²) in [6, 6.07) is 0. The molecule has 0 aromatic heterocycles. The summed E-state index contributed by atoms with van der Waals surface area (Å²) in [5, 5.41) is 0. The van der Waals surface area contributed by atoms with Gasteiger partial charge in [0.1, 0.15) is 9.84 Å². The second-order valence-electron chi connectivity index (χ2n) is 1.13. The second kappa shape index (κ2) is 4.62. The molecule has 0 aromatic carbocycles. The van der Waals surface area contributed by atoms with Gasteiger partial charge < -0.3 is 6.92 Å². The van der Waals surface area contributed by atoms with Gasteiger partial charge >= 0.3 is 58.2 Å². The molecule has 0 aliphatic rings. The van der Waals surface area contributed by atoms with E-state index in [9.17, 15) is 8.42 Å². The molecule has 4 heteroatoms. The zero-order valence-corrected chi connectivity index (χ0v) is 10.4. The Hall–Kier alpha value is 1.76. The monoisotopic (exact) mass is 192 g/mol. The molecule has 0 fully saturated rings. The first-order chi connectivity index (χ1) is 2.56. The molecule has 0 aliphatic carbocycles. The zero-order valence-electron chi connectivity index (χ0n) is 4.64. The van der Waals surface area contributed by atoms with Gasteiger partial charge in [0.05, 0.1) is 0 Å². The van der Waals surface area contributed by atoms with Crippen LogP contribution in [0, 0.1) is 6.92 Å². The van der Waals surface area contributed by atoms with Crippen LogP contribution in [0.1, 0.15) is 0 Å². The van der Waals surface area contributed by atoms with Crippen LogP contribution in [0.25, 0.3) is 0 Å². The number of hydrogen-bond acceptors (Lipinski definition) is 2. The second-order valence-corrected chi connectivity index (χ2v) is 3.39. The third-order valence-corrected chi connectivity index (χ3v) is 1.11. The van der Waals surface area contributed by atoms with E-state index in [4.69, 9.17) is 0 Å². The summed E-state index contributed by atoms with van der Waals surface area (Å²) < 4.78 is 19.9. The van der Waals surface area contributed by atoms with Gasteiger partial charge in [-0.15, -0.1) is 0 Å². The molecular weight excluding hydrogens is 186 g/mol. The number of sulfone groups is 1.